The second-order valence-electron chi connectivity index (χ2n) is 5.52. The minimum Gasteiger partial charge on any atom is -0.452 e. The largest absolute Gasteiger partial charge is 0.452 e. The number of hydrogen-bond acceptors (Lipinski definition) is 3. The summed E-state index contributed by atoms with van der Waals surface area (Å²) in [5.41, 5.74) is 2.51. The Morgan fingerprint density at radius 2 is 1.71 bits per heavy atom. The Hall–Kier alpha value is -2.14. The van der Waals surface area contributed by atoms with Crippen LogP contribution in [-0.4, -0.2) is 18.5 Å². The topological polar surface area (TPSA) is 55.4 Å². The number of esters is 1. The van der Waals surface area contributed by atoms with Gasteiger partial charge in [0.1, 0.15) is 0 Å². The lowest BCUT2D eigenvalue weighted by Crippen LogP contribution is -2.32. The predicted octanol–water partition coefficient (Wildman–Crippen LogP) is 4.18. The van der Waals surface area contributed by atoms with Gasteiger partial charge in [-0.25, -0.2) is 4.79 Å². The van der Waals surface area contributed by atoms with Crippen LogP contribution in [0.1, 0.15) is 40.9 Å². The first-order valence-electron chi connectivity index (χ1n) is 7.78. The fourth-order valence-electron chi connectivity index (χ4n) is 2.26. The van der Waals surface area contributed by atoms with E-state index in [1.807, 2.05) is 50.2 Å². The molecule has 1 atom stereocenters. The third-order valence-electron chi connectivity index (χ3n) is 3.64. The molecule has 0 saturated carbocycles. The molecule has 0 aliphatic rings. The number of hydrogen-bond donors (Lipinski definition) is 1. The Labute approximate surface area is 150 Å². The third kappa shape index (κ3) is 5.20. The Balaban J connectivity index is 1.88. The van der Waals surface area contributed by atoms with Gasteiger partial charge in [0.25, 0.3) is 5.91 Å². The molecule has 0 unspecified atom stereocenters. The molecule has 2 rings (SSSR count). The highest BCUT2D eigenvalue weighted by Crippen LogP contribution is 2.19. The molecule has 2 aromatic rings. The molecule has 0 aliphatic carbocycles. The van der Waals surface area contributed by atoms with E-state index < -0.39 is 5.97 Å². The number of aryl methyl sites for hydroxylation is 1. The molecule has 1 N–H and O–H groups in total. The highest BCUT2D eigenvalue weighted by atomic mass is 79.9. The zero-order chi connectivity index (χ0) is 17.5. The van der Waals surface area contributed by atoms with Crippen molar-refractivity contribution in [3.8, 4) is 0 Å². The molecule has 2 aromatic carbocycles. The first-order valence-corrected chi connectivity index (χ1v) is 8.57. The standard InChI is InChI=1S/C19H20BrNO3/c1-3-17(14-8-10-16(20)11-9-14)21-18(22)12-24-19(23)15-6-4-13(2)5-7-15/h4-11,17H,3,12H2,1-2H3,(H,21,22)/t17-/m1/s1. The predicted molar refractivity (Wildman–Crippen MR) is 96.8 cm³/mol. The Morgan fingerprint density at radius 3 is 2.29 bits per heavy atom. The highest BCUT2D eigenvalue weighted by molar-refractivity contribution is 9.10. The van der Waals surface area contributed by atoms with Crippen LogP contribution in [0.15, 0.2) is 53.0 Å². The Morgan fingerprint density at radius 1 is 1.08 bits per heavy atom. The van der Waals surface area contributed by atoms with Crippen molar-refractivity contribution in [2.75, 3.05) is 6.61 Å². The molecule has 0 heterocycles. The van der Waals surface area contributed by atoms with Gasteiger partial charge in [-0.15, -0.1) is 0 Å². The van der Waals surface area contributed by atoms with Crippen LogP contribution >= 0.6 is 15.9 Å². The number of carbonyl (C=O) groups excluding carboxylic acids is 2. The van der Waals surface area contributed by atoms with Gasteiger partial charge < -0.3 is 10.1 Å². The highest BCUT2D eigenvalue weighted by Gasteiger charge is 2.15. The number of nitrogens with one attached hydrogen (secondary N) is 1. The summed E-state index contributed by atoms with van der Waals surface area (Å²) >= 11 is 3.39. The molecule has 126 valence electrons. The van der Waals surface area contributed by atoms with E-state index in [4.69, 9.17) is 4.74 Å². The van der Waals surface area contributed by atoms with Crippen molar-refractivity contribution in [2.24, 2.45) is 0 Å². The number of benzene rings is 2. The summed E-state index contributed by atoms with van der Waals surface area (Å²) in [5, 5.41) is 2.89. The molecule has 0 radical (unpaired) electrons. The van der Waals surface area contributed by atoms with E-state index in [-0.39, 0.29) is 18.6 Å². The van der Waals surface area contributed by atoms with E-state index in [0.29, 0.717) is 5.56 Å². The number of ether oxygens (including phenoxy) is 1. The summed E-state index contributed by atoms with van der Waals surface area (Å²) < 4.78 is 6.06. The van der Waals surface area contributed by atoms with E-state index in [1.54, 1.807) is 12.1 Å². The van der Waals surface area contributed by atoms with Crippen LogP contribution in [0, 0.1) is 6.92 Å². The lowest BCUT2D eigenvalue weighted by Gasteiger charge is -2.17. The van der Waals surface area contributed by atoms with Gasteiger partial charge in [0.2, 0.25) is 0 Å². The summed E-state index contributed by atoms with van der Waals surface area (Å²) in [6.45, 7) is 3.64. The van der Waals surface area contributed by atoms with Crippen LogP contribution < -0.4 is 5.32 Å². The van der Waals surface area contributed by atoms with Crippen LogP contribution in [0.4, 0.5) is 0 Å². The summed E-state index contributed by atoms with van der Waals surface area (Å²) in [6.07, 6.45) is 0.749. The maximum absolute atomic E-state index is 12.0. The summed E-state index contributed by atoms with van der Waals surface area (Å²) in [4.78, 5) is 24.0. The van der Waals surface area contributed by atoms with Crippen molar-refractivity contribution >= 4 is 27.8 Å². The van der Waals surface area contributed by atoms with Crippen molar-refractivity contribution in [3.05, 3.63) is 69.7 Å². The van der Waals surface area contributed by atoms with Crippen molar-refractivity contribution in [1.82, 2.24) is 5.32 Å². The van der Waals surface area contributed by atoms with Crippen LogP contribution in [0.25, 0.3) is 0 Å². The molecule has 0 aliphatic heterocycles. The SMILES string of the molecule is CC[C@@H](NC(=O)COC(=O)c1ccc(C)cc1)c1ccc(Br)cc1. The van der Waals surface area contributed by atoms with Crippen molar-refractivity contribution in [2.45, 2.75) is 26.3 Å². The normalized spacial score (nSPS) is 11.6. The molecule has 0 saturated heterocycles. The number of rotatable bonds is 6. The molecular weight excluding hydrogens is 370 g/mol. The average Bonchev–Trinajstić information content (AvgIpc) is 2.59. The molecule has 0 aromatic heterocycles. The molecule has 1 amide bonds. The fourth-order valence-corrected chi connectivity index (χ4v) is 2.52. The number of amides is 1. The van der Waals surface area contributed by atoms with E-state index in [9.17, 15) is 9.59 Å². The summed E-state index contributed by atoms with van der Waals surface area (Å²) in [5.74, 6) is -0.813. The molecular formula is C19H20BrNO3. The Bertz CT molecular complexity index is 696. The third-order valence-corrected chi connectivity index (χ3v) is 4.17. The second kappa shape index (κ2) is 8.64. The maximum Gasteiger partial charge on any atom is 0.338 e. The van der Waals surface area contributed by atoms with E-state index >= 15 is 0 Å². The second-order valence-corrected chi connectivity index (χ2v) is 6.44. The van der Waals surface area contributed by atoms with Crippen molar-refractivity contribution in [3.63, 3.8) is 0 Å². The van der Waals surface area contributed by atoms with Gasteiger partial charge in [0, 0.05) is 4.47 Å². The first kappa shape index (κ1) is 18.2. The van der Waals surface area contributed by atoms with Crippen LogP contribution in [0.5, 0.6) is 0 Å². The zero-order valence-electron chi connectivity index (χ0n) is 13.7. The van der Waals surface area contributed by atoms with Gasteiger partial charge in [-0.2, -0.15) is 0 Å². The molecule has 24 heavy (non-hydrogen) atoms. The summed E-state index contributed by atoms with van der Waals surface area (Å²) in [6, 6.07) is 14.7. The molecule has 5 heteroatoms. The van der Waals surface area contributed by atoms with Gasteiger partial charge >= 0.3 is 5.97 Å². The van der Waals surface area contributed by atoms with Crippen LogP contribution in [0.3, 0.4) is 0 Å². The smallest absolute Gasteiger partial charge is 0.338 e. The fraction of sp³-hybridized carbons (Fsp3) is 0.263. The quantitative estimate of drug-likeness (QED) is 0.753. The minimum absolute atomic E-state index is 0.108. The van der Waals surface area contributed by atoms with E-state index in [1.165, 1.54) is 0 Å². The number of carbonyl (C=O) groups is 2. The van der Waals surface area contributed by atoms with Crippen LogP contribution in [0.2, 0.25) is 0 Å². The molecule has 0 spiro atoms. The van der Waals surface area contributed by atoms with Gasteiger partial charge in [0.05, 0.1) is 11.6 Å². The Kier molecular flexibility index (Phi) is 6.55. The first-order chi connectivity index (χ1) is 11.5. The zero-order valence-corrected chi connectivity index (χ0v) is 15.3. The van der Waals surface area contributed by atoms with Gasteiger partial charge in [-0.1, -0.05) is 52.7 Å². The van der Waals surface area contributed by atoms with E-state index in [2.05, 4.69) is 21.2 Å². The van der Waals surface area contributed by atoms with Gasteiger partial charge in [0.15, 0.2) is 6.61 Å². The molecule has 0 fully saturated rings. The minimum atomic E-state index is -0.498. The van der Waals surface area contributed by atoms with Crippen molar-refractivity contribution < 1.29 is 14.3 Å². The monoisotopic (exact) mass is 389 g/mol. The maximum atomic E-state index is 12.0. The average molecular weight is 390 g/mol. The lowest BCUT2D eigenvalue weighted by atomic mass is 10.0. The molecule has 4 nitrogen and oxygen atoms in total. The van der Waals surface area contributed by atoms with Crippen LogP contribution in [-0.2, 0) is 9.53 Å². The van der Waals surface area contributed by atoms with Crippen molar-refractivity contribution in [1.29, 1.82) is 0 Å². The summed E-state index contributed by atoms with van der Waals surface area (Å²) in [7, 11) is 0. The number of halogens is 1. The molecule has 0 bridgehead atoms. The van der Waals surface area contributed by atoms with Gasteiger partial charge in [-0.3, -0.25) is 4.79 Å². The van der Waals surface area contributed by atoms with Gasteiger partial charge in [-0.05, 0) is 43.2 Å². The lowest BCUT2D eigenvalue weighted by molar-refractivity contribution is -0.125. The van der Waals surface area contributed by atoms with E-state index in [0.717, 1.165) is 22.0 Å².